The van der Waals surface area contributed by atoms with Crippen molar-refractivity contribution in [1.29, 1.82) is 0 Å². The number of nitrogens with zero attached hydrogens (tertiary/aromatic N) is 1. The maximum atomic E-state index is 3.59. The van der Waals surface area contributed by atoms with E-state index in [1.807, 2.05) is 0 Å². The van der Waals surface area contributed by atoms with Crippen LogP contribution in [-0.2, 0) is 0 Å². The van der Waals surface area contributed by atoms with Crippen LogP contribution in [0.5, 0.6) is 0 Å². The standard InChI is InChI=1S/C16H34N2/c1-4-6-7-8-9-14-18(3)16-12-10-15(11-13-16)17-5-2/h15-17H,4-14H2,1-3H3. The molecule has 2 nitrogen and oxygen atoms in total. The minimum Gasteiger partial charge on any atom is -0.314 e. The highest BCUT2D eigenvalue weighted by atomic mass is 15.1. The van der Waals surface area contributed by atoms with Gasteiger partial charge in [-0.1, -0.05) is 39.5 Å². The molecule has 0 radical (unpaired) electrons. The Bertz CT molecular complexity index is 186. The molecule has 108 valence electrons. The monoisotopic (exact) mass is 254 g/mol. The van der Waals surface area contributed by atoms with Crippen molar-refractivity contribution in [2.75, 3.05) is 20.1 Å². The van der Waals surface area contributed by atoms with Gasteiger partial charge in [0.15, 0.2) is 0 Å². The Morgan fingerprint density at radius 2 is 1.61 bits per heavy atom. The van der Waals surface area contributed by atoms with Crippen LogP contribution in [0, 0.1) is 0 Å². The molecule has 0 aromatic rings. The molecule has 1 saturated carbocycles. The zero-order valence-corrected chi connectivity index (χ0v) is 12.9. The molecule has 1 N–H and O–H groups in total. The van der Waals surface area contributed by atoms with Gasteiger partial charge in [0.25, 0.3) is 0 Å². The zero-order valence-electron chi connectivity index (χ0n) is 12.9. The normalized spacial score (nSPS) is 24.7. The summed E-state index contributed by atoms with van der Waals surface area (Å²) < 4.78 is 0. The molecule has 0 bridgehead atoms. The van der Waals surface area contributed by atoms with Crippen LogP contribution in [0.25, 0.3) is 0 Å². The predicted octanol–water partition coefficient (Wildman–Crippen LogP) is 3.81. The molecule has 0 spiro atoms. The van der Waals surface area contributed by atoms with Crippen molar-refractivity contribution >= 4 is 0 Å². The van der Waals surface area contributed by atoms with E-state index in [1.54, 1.807) is 0 Å². The van der Waals surface area contributed by atoms with Crippen LogP contribution < -0.4 is 5.32 Å². The molecule has 1 aliphatic carbocycles. The van der Waals surface area contributed by atoms with Crippen molar-refractivity contribution in [3.8, 4) is 0 Å². The Morgan fingerprint density at radius 3 is 2.22 bits per heavy atom. The lowest BCUT2D eigenvalue weighted by molar-refractivity contribution is 0.172. The van der Waals surface area contributed by atoms with E-state index in [9.17, 15) is 0 Å². The third-order valence-corrected chi connectivity index (χ3v) is 4.43. The maximum Gasteiger partial charge on any atom is 0.00933 e. The van der Waals surface area contributed by atoms with E-state index in [0.717, 1.165) is 18.6 Å². The summed E-state index contributed by atoms with van der Waals surface area (Å²) in [5.41, 5.74) is 0. The summed E-state index contributed by atoms with van der Waals surface area (Å²) in [5.74, 6) is 0. The Morgan fingerprint density at radius 1 is 0.944 bits per heavy atom. The fourth-order valence-corrected chi connectivity index (χ4v) is 3.16. The van der Waals surface area contributed by atoms with E-state index in [2.05, 4.69) is 31.1 Å². The van der Waals surface area contributed by atoms with E-state index < -0.39 is 0 Å². The minimum absolute atomic E-state index is 0.796. The summed E-state index contributed by atoms with van der Waals surface area (Å²) in [5, 5.41) is 3.59. The Kier molecular flexibility index (Phi) is 8.70. The van der Waals surface area contributed by atoms with Crippen LogP contribution in [0.3, 0.4) is 0 Å². The van der Waals surface area contributed by atoms with Gasteiger partial charge in [0.05, 0.1) is 0 Å². The minimum atomic E-state index is 0.796. The molecule has 0 aromatic carbocycles. The molecule has 1 fully saturated rings. The van der Waals surface area contributed by atoms with Crippen LogP contribution in [0.2, 0.25) is 0 Å². The fraction of sp³-hybridized carbons (Fsp3) is 1.00. The second-order valence-corrected chi connectivity index (χ2v) is 5.96. The SMILES string of the molecule is CCCCCCCN(C)C1CCC(NCC)CC1. The number of unbranched alkanes of at least 4 members (excludes halogenated alkanes) is 4. The lowest BCUT2D eigenvalue weighted by Gasteiger charge is -2.35. The average molecular weight is 254 g/mol. The number of rotatable bonds is 9. The predicted molar refractivity (Wildman–Crippen MR) is 81.1 cm³/mol. The smallest absolute Gasteiger partial charge is 0.00933 e. The van der Waals surface area contributed by atoms with Gasteiger partial charge in [0, 0.05) is 12.1 Å². The fourth-order valence-electron chi connectivity index (χ4n) is 3.16. The van der Waals surface area contributed by atoms with Gasteiger partial charge in [-0.2, -0.15) is 0 Å². The van der Waals surface area contributed by atoms with Gasteiger partial charge in [0.2, 0.25) is 0 Å². The second kappa shape index (κ2) is 9.80. The van der Waals surface area contributed by atoms with Crippen LogP contribution in [0.4, 0.5) is 0 Å². The first-order valence-corrected chi connectivity index (χ1v) is 8.21. The molecule has 0 saturated heterocycles. The summed E-state index contributed by atoms with van der Waals surface area (Å²) in [6.45, 7) is 6.94. The highest BCUT2D eigenvalue weighted by molar-refractivity contribution is 4.81. The number of hydrogen-bond donors (Lipinski definition) is 1. The first-order valence-electron chi connectivity index (χ1n) is 8.21. The van der Waals surface area contributed by atoms with E-state index in [1.165, 1.54) is 64.3 Å². The number of nitrogens with one attached hydrogen (secondary N) is 1. The Balaban J connectivity index is 2.06. The highest BCUT2D eigenvalue weighted by Crippen LogP contribution is 2.22. The van der Waals surface area contributed by atoms with Crippen molar-refractivity contribution < 1.29 is 0 Å². The van der Waals surface area contributed by atoms with Crippen molar-refractivity contribution in [1.82, 2.24) is 10.2 Å². The third-order valence-electron chi connectivity index (χ3n) is 4.43. The quantitative estimate of drug-likeness (QED) is 0.629. The van der Waals surface area contributed by atoms with Gasteiger partial charge in [-0.05, 0) is 52.2 Å². The first-order chi connectivity index (χ1) is 8.77. The molecular weight excluding hydrogens is 220 g/mol. The van der Waals surface area contributed by atoms with Crippen molar-refractivity contribution in [2.24, 2.45) is 0 Å². The average Bonchev–Trinajstić information content (AvgIpc) is 2.39. The van der Waals surface area contributed by atoms with E-state index in [0.29, 0.717) is 0 Å². The third kappa shape index (κ3) is 6.19. The van der Waals surface area contributed by atoms with Crippen LogP contribution in [0.1, 0.15) is 71.6 Å². The second-order valence-electron chi connectivity index (χ2n) is 5.96. The van der Waals surface area contributed by atoms with Gasteiger partial charge >= 0.3 is 0 Å². The van der Waals surface area contributed by atoms with Crippen LogP contribution in [0.15, 0.2) is 0 Å². The van der Waals surface area contributed by atoms with Gasteiger partial charge in [-0.15, -0.1) is 0 Å². The zero-order chi connectivity index (χ0) is 13.2. The van der Waals surface area contributed by atoms with E-state index in [4.69, 9.17) is 0 Å². The first kappa shape index (κ1) is 16.0. The molecule has 2 heteroatoms. The maximum absolute atomic E-state index is 3.59. The lowest BCUT2D eigenvalue weighted by Crippen LogP contribution is -2.41. The van der Waals surface area contributed by atoms with Gasteiger partial charge < -0.3 is 10.2 Å². The molecule has 0 atom stereocenters. The topological polar surface area (TPSA) is 15.3 Å². The van der Waals surface area contributed by atoms with Crippen molar-refractivity contribution in [2.45, 2.75) is 83.7 Å². The van der Waals surface area contributed by atoms with Gasteiger partial charge in [-0.25, -0.2) is 0 Å². The Labute approximate surface area is 115 Å². The van der Waals surface area contributed by atoms with Crippen molar-refractivity contribution in [3.05, 3.63) is 0 Å². The molecule has 0 aromatic heterocycles. The van der Waals surface area contributed by atoms with Crippen LogP contribution >= 0.6 is 0 Å². The van der Waals surface area contributed by atoms with Crippen molar-refractivity contribution in [3.63, 3.8) is 0 Å². The van der Waals surface area contributed by atoms with Gasteiger partial charge in [0.1, 0.15) is 0 Å². The summed E-state index contributed by atoms with van der Waals surface area (Å²) in [4.78, 5) is 2.62. The lowest BCUT2D eigenvalue weighted by atomic mass is 9.90. The van der Waals surface area contributed by atoms with E-state index in [-0.39, 0.29) is 0 Å². The molecule has 0 unspecified atom stereocenters. The molecule has 18 heavy (non-hydrogen) atoms. The molecule has 0 aliphatic heterocycles. The summed E-state index contributed by atoms with van der Waals surface area (Å²) >= 11 is 0. The summed E-state index contributed by atoms with van der Waals surface area (Å²) in [7, 11) is 2.33. The molecular formula is C16H34N2. The summed E-state index contributed by atoms with van der Waals surface area (Å²) in [6, 6.07) is 1.65. The molecule has 1 rings (SSSR count). The molecule has 0 amide bonds. The molecule has 0 heterocycles. The summed E-state index contributed by atoms with van der Waals surface area (Å²) in [6.07, 6.45) is 12.5. The largest absolute Gasteiger partial charge is 0.314 e. The van der Waals surface area contributed by atoms with Crippen LogP contribution in [-0.4, -0.2) is 37.1 Å². The van der Waals surface area contributed by atoms with Gasteiger partial charge in [-0.3, -0.25) is 0 Å². The number of hydrogen-bond acceptors (Lipinski definition) is 2. The van der Waals surface area contributed by atoms with E-state index >= 15 is 0 Å². The Hall–Kier alpha value is -0.0800. The molecule has 1 aliphatic rings. The highest BCUT2D eigenvalue weighted by Gasteiger charge is 2.22.